The summed E-state index contributed by atoms with van der Waals surface area (Å²) in [5, 5.41) is 6.71. The largest absolute Gasteiger partial charge is 0.493 e. The molecular weight excluding hydrogens is 412 g/mol. The molecule has 0 aromatic heterocycles. The molecule has 0 bridgehead atoms. The molecule has 2 aromatic rings. The van der Waals surface area contributed by atoms with E-state index in [1.807, 2.05) is 32.9 Å². The number of nitrogens with zero attached hydrogens (tertiary/aromatic N) is 1. The van der Waals surface area contributed by atoms with Gasteiger partial charge < -0.3 is 20.5 Å². The fourth-order valence-electron chi connectivity index (χ4n) is 2.79. The number of aryl methyl sites for hydroxylation is 1. The lowest BCUT2D eigenvalue weighted by molar-refractivity contribution is -0.124. The summed E-state index contributed by atoms with van der Waals surface area (Å²) in [5.74, 6) is -0.995. The predicted octanol–water partition coefficient (Wildman–Crippen LogP) is 1.77. The van der Waals surface area contributed by atoms with Gasteiger partial charge in [-0.3, -0.25) is 14.4 Å². The number of methoxy groups -OCH3 is 1. The van der Waals surface area contributed by atoms with Crippen LogP contribution in [0.5, 0.6) is 11.5 Å². The maximum Gasteiger partial charge on any atom is 0.262 e. The summed E-state index contributed by atoms with van der Waals surface area (Å²) < 4.78 is 10.6. The molecule has 0 fully saturated rings. The van der Waals surface area contributed by atoms with Crippen molar-refractivity contribution < 1.29 is 23.9 Å². The van der Waals surface area contributed by atoms with Crippen LogP contribution >= 0.6 is 0 Å². The highest BCUT2D eigenvalue weighted by Crippen LogP contribution is 2.29. The Balaban J connectivity index is 2.10. The molecule has 0 saturated heterocycles. The van der Waals surface area contributed by atoms with Crippen molar-refractivity contribution in [2.75, 3.05) is 13.7 Å². The number of nitrogens with two attached hydrogens (primary N) is 1. The quantitative estimate of drug-likeness (QED) is 0.383. The SMILES string of the molecule is COc1cccc(/C=N/NC(=O)C(NC(=O)c2ccc(C)cc2)C(C)C)c1OCC(N)=O. The monoisotopic (exact) mass is 440 g/mol. The first-order chi connectivity index (χ1) is 15.2. The molecule has 2 rings (SSSR count). The molecule has 0 heterocycles. The molecule has 3 amide bonds. The van der Waals surface area contributed by atoms with Gasteiger partial charge in [-0.1, -0.05) is 37.6 Å². The highest BCUT2D eigenvalue weighted by molar-refractivity contribution is 5.97. The average molecular weight is 441 g/mol. The van der Waals surface area contributed by atoms with E-state index in [-0.39, 0.29) is 24.2 Å². The molecule has 0 aliphatic heterocycles. The minimum absolute atomic E-state index is 0.175. The normalized spacial score (nSPS) is 11.8. The molecule has 9 nitrogen and oxygen atoms in total. The van der Waals surface area contributed by atoms with E-state index in [1.165, 1.54) is 13.3 Å². The van der Waals surface area contributed by atoms with Crippen molar-refractivity contribution in [2.24, 2.45) is 16.8 Å². The van der Waals surface area contributed by atoms with E-state index in [0.717, 1.165) is 5.56 Å². The van der Waals surface area contributed by atoms with Gasteiger partial charge in [0.05, 0.1) is 13.3 Å². The number of hydrogen-bond donors (Lipinski definition) is 3. The lowest BCUT2D eigenvalue weighted by Crippen LogP contribution is -2.48. The van der Waals surface area contributed by atoms with Crippen LogP contribution in [-0.4, -0.2) is 43.7 Å². The summed E-state index contributed by atoms with van der Waals surface area (Å²) in [6.07, 6.45) is 1.36. The maximum atomic E-state index is 12.7. The van der Waals surface area contributed by atoms with Crippen molar-refractivity contribution in [2.45, 2.75) is 26.8 Å². The average Bonchev–Trinajstić information content (AvgIpc) is 2.76. The lowest BCUT2D eigenvalue weighted by Gasteiger charge is -2.20. The Morgan fingerprint density at radius 1 is 1.12 bits per heavy atom. The Bertz CT molecular complexity index is 986. The number of ether oxygens (including phenoxy) is 2. The predicted molar refractivity (Wildman–Crippen MR) is 121 cm³/mol. The van der Waals surface area contributed by atoms with Crippen molar-refractivity contribution in [1.82, 2.24) is 10.7 Å². The van der Waals surface area contributed by atoms with E-state index in [2.05, 4.69) is 15.8 Å². The standard InChI is InChI=1S/C23H28N4O5/c1-14(2)20(26-22(29)16-10-8-15(3)9-11-16)23(30)27-25-12-17-6-5-7-18(31-4)21(17)32-13-19(24)28/h5-12,14,20H,13H2,1-4H3,(H2,24,28)(H,26,29)(H,27,30)/b25-12+. The lowest BCUT2D eigenvalue weighted by atomic mass is 10.0. The molecule has 0 saturated carbocycles. The number of benzene rings is 2. The van der Waals surface area contributed by atoms with E-state index in [9.17, 15) is 14.4 Å². The summed E-state index contributed by atoms with van der Waals surface area (Å²) in [5.41, 5.74) is 9.54. The summed E-state index contributed by atoms with van der Waals surface area (Å²) in [6, 6.07) is 11.3. The van der Waals surface area contributed by atoms with E-state index >= 15 is 0 Å². The number of carbonyl (C=O) groups excluding carboxylic acids is 3. The fraction of sp³-hybridized carbons (Fsp3) is 0.304. The zero-order chi connectivity index (χ0) is 23.7. The minimum Gasteiger partial charge on any atom is -0.493 e. The number of amides is 3. The van der Waals surface area contributed by atoms with Gasteiger partial charge in [0.25, 0.3) is 17.7 Å². The second kappa shape index (κ2) is 11.5. The molecule has 1 unspecified atom stereocenters. The van der Waals surface area contributed by atoms with Crippen LogP contribution in [0.2, 0.25) is 0 Å². The van der Waals surface area contributed by atoms with Gasteiger partial charge in [0.1, 0.15) is 6.04 Å². The topological polar surface area (TPSA) is 132 Å². The number of primary amides is 1. The Labute approximate surface area is 187 Å². The highest BCUT2D eigenvalue weighted by Gasteiger charge is 2.24. The number of nitrogens with one attached hydrogen (secondary N) is 2. The van der Waals surface area contributed by atoms with Gasteiger partial charge in [-0.15, -0.1) is 0 Å². The Morgan fingerprint density at radius 2 is 1.81 bits per heavy atom. The highest BCUT2D eigenvalue weighted by atomic mass is 16.5. The fourth-order valence-corrected chi connectivity index (χ4v) is 2.79. The first-order valence-corrected chi connectivity index (χ1v) is 10.0. The molecule has 9 heteroatoms. The molecule has 1 atom stereocenters. The van der Waals surface area contributed by atoms with Crippen molar-refractivity contribution >= 4 is 23.9 Å². The van der Waals surface area contributed by atoms with Gasteiger partial charge in [0, 0.05) is 11.1 Å². The van der Waals surface area contributed by atoms with Gasteiger partial charge in [-0.2, -0.15) is 5.10 Å². The molecule has 4 N–H and O–H groups in total. The smallest absolute Gasteiger partial charge is 0.262 e. The maximum absolute atomic E-state index is 12.7. The van der Waals surface area contributed by atoms with E-state index < -0.39 is 17.9 Å². The van der Waals surface area contributed by atoms with Crippen LogP contribution < -0.4 is 25.9 Å². The second-order valence-electron chi connectivity index (χ2n) is 7.43. The third-order valence-electron chi connectivity index (χ3n) is 4.52. The molecule has 0 aliphatic carbocycles. The molecular formula is C23H28N4O5. The Kier molecular flexibility index (Phi) is 8.76. The van der Waals surface area contributed by atoms with Gasteiger partial charge in [-0.05, 0) is 37.1 Å². The molecule has 32 heavy (non-hydrogen) atoms. The molecule has 2 aromatic carbocycles. The van der Waals surface area contributed by atoms with Crippen LogP contribution in [0.1, 0.15) is 35.3 Å². The van der Waals surface area contributed by atoms with Gasteiger partial charge in [0.2, 0.25) is 0 Å². The van der Waals surface area contributed by atoms with E-state index in [1.54, 1.807) is 30.3 Å². The van der Waals surface area contributed by atoms with E-state index in [4.69, 9.17) is 15.2 Å². The van der Waals surface area contributed by atoms with Crippen LogP contribution in [0.25, 0.3) is 0 Å². The number of hydrogen-bond acceptors (Lipinski definition) is 6. The number of carbonyl (C=O) groups is 3. The van der Waals surface area contributed by atoms with Crippen LogP contribution in [0, 0.1) is 12.8 Å². The van der Waals surface area contributed by atoms with Gasteiger partial charge >= 0.3 is 0 Å². The Hall–Kier alpha value is -3.88. The second-order valence-corrected chi connectivity index (χ2v) is 7.43. The van der Waals surface area contributed by atoms with E-state index in [0.29, 0.717) is 16.9 Å². The van der Waals surface area contributed by atoms with Crippen LogP contribution in [0.15, 0.2) is 47.6 Å². The zero-order valence-corrected chi connectivity index (χ0v) is 18.5. The summed E-state index contributed by atoms with van der Waals surface area (Å²) >= 11 is 0. The summed E-state index contributed by atoms with van der Waals surface area (Å²) in [4.78, 5) is 36.2. The van der Waals surface area contributed by atoms with Crippen LogP contribution in [0.3, 0.4) is 0 Å². The number of hydrazone groups is 1. The number of para-hydroxylation sites is 1. The molecule has 0 spiro atoms. The van der Waals surface area contributed by atoms with Gasteiger partial charge in [-0.25, -0.2) is 5.43 Å². The molecule has 0 radical (unpaired) electrons. The first-order valence-electron chi connectivity index (χ1n) is 10.0. The number of rotatable bonds is 10. The zero-order valence-electron chi connectivity index (χ0n) is 18.5. The van der Waals surface area contributed by atoms with Crippen molar-refractivity contribution in [3.8, 4) is 11.5 Å². The summed E-state index contributed by atoms with van der Waals surface area (Å²) in [6.45, 7) is 5.23. The van der Waals surface area contributed by atoms with Gasteiger partial charge in [0.15, 0.2) is 18.1 Å². The first kappa shape index (κ1) is 24.4. The molecule has 0 aliphatic rings. The third kappa shape index (κ3) is 6.83. The minimum atomic E-state index is -0.795. The van der Waals surface area contributed by atoms with Crippen molar-refractivity contribution in [3.63, 3.8) is 0 Å². The van der Waals surface area contributed by atoms with Crippen LogP contribution in [0.4, 0.5) is 0 Å². The third-order valence-corrected chi connectivity index (χ3v) is 4.52. The van der Waals surface area contributed by atoms with Crippen molar-refractivity contribution in [3.05, 3.63) is 59.2 Å². The van der Waals surface area contributed by atoms with Crippen molar-refractivity contribution in [1.29, 1.82) is 0 Å². The Morgan fingerprint density at radius 3 is 2.41 bits per heavy atom. The molecule has 170 valence electrons. The van der Waals surface area contributed by atoms with Crippen LogP contribution in [-0.2, 0) is 9.59 Å². The summed E-state index contributed by atoms with van der Waals surface area (Å²) in [7, 11) is 1.46.